The maximum absolute atomic E-state index is 2.61. The molecule has 2 nitrogen and oxygen atoms in total. The molecule has 1 saturated heterocycles. The first-order valence-electron chi connectivity index (χ1n) is 6.88. The van der Waals surface area contributed by atoms with E-state index in [-0.39, 0.29) is 0 Å². The minimum Gasteiger partial charge on any atom is -0.306 e. The molecule has 0 amide bonds. The van der Waals surface area contributed by atoms with Crippen LogP contribution in [0.3, 0.4) is 0 Å². The quantitative estimate of drug-likeness (QED) is 0.658. The van der Waals surface area contributed by atoms with Gasteiger partial charge in [-0.15, -0.1) is 0 Å². The molecule has 96 valence electrons. The van der Waals surface area contributed by atoms with Crippen LogP contribution in [0, 0.1) is 17.8 Å². The molecule has 0 spiro atoms. The third-order valence-corrected chi connectivity index (χ3v) is 3.30. The minimum atomic E-state index is 0.794. The molecule has 0 aliphatic carbocycles. The van der Waals surface area contributed by atoms with Crippen molar-refractivity contribution >= 4 is 0 Å². The third-order valence-electron chi connectivity index (χ3n) is 3.30. The minimum absolute atomic E-state index is 0.794. The van der Waals surface area contributed by atoms with Crippen LogP contribution in [-0.2, 0) is 0 Å². The summed E-state index contributed by atoms with van der Waals surface area (Å²) in [5, 5.41) is 0. The average molecular weight is 226 g/mol. The van der Waals surface area contributed by atoms with Gasteiger partial charge in [-0.1, -0.05) is 27.7 Å². The summed E-state index contributed by atoms with van der Waals surface area (Å²) in [6.07, 6.45) is 1.36. The van der Waals surface area contributed by atoms with Crippen molar-refractivity contribution in [2.75, 3.05) is 39.8 Å². The maximum Gasteiger partial charge on any atom is 0.00343 e. The van der Waals surface area contributed by atoms with Gasteiger partial charge in [0.2, 0.25) is 0 Å². The summed E-state index contributed by atoms with van der Waals surface area (Å²) in [5.74, 6) is 2.57. The van der Waals surface area contributed by atoms with E-state index in [1.165, 1.54) is 39.1 Å². The molecule has 16 heavy (non-hydrogen) atoms. The molecule has 1 rings (SSSR count). The monoisotopic (exact) mass is 226 g/mol. The molecule has 0 N–H and O–H groups in total. The molecular weight excluding hydrogens is 196 g/mol. The molecule has 0 radical (unpaired) electrons. The third kappa shape index (κ3) is 5.31. The first-order chi connectivity index (χ1) is 7.47. The normalized spacial score (nSPS) is 18.8. The number of hydrogen-bond donors (Lipinski definition) is 0. The van der Waals surface area contributed by atoms with E-state index in [1.807, 2.05) is 0 Å². The highest BCUT2D eigenvalue weighted by Crippen LogP contribution is 2.18. The zero-order valence-corrected chi connectivity index (χ0v) is 11.9. The molecule has 0 aromatic heterocycles. The van der Waals surface area contributed by atoms with E-state index in [1.54, 1.807) is 0 Å². The van der Waals surface area contributed by atoms with E-state index in [0.29, 0.717) is 0 Å². The van der Waals surface area contributed by atoms with Crippen LogP contribution in [0.2, 0.25) is 0 Å². The first kappa shape index (κ1) is 14.0. The number of rotatable bonds is 7. The van der Waals surface area contributed by atoms with Crippen LogP contribution in [0.1, 0.15) is 34.1 Å². The fraction of sp³-hybridized carbons (Fsp3) is 1.00. The van der Waals surface area contributed by atoms with Crippen molar-refractivity contribution in [3.8, 4) is 0 Å². The number of hydrogen-bond acceptors (Lipinski definition) is 2. The van der Waals surface area contributed by atoms with E-state index < -0.39 is 0 Å². The van der Waals surface area contributed by atoms with Gasteiger partial charge in [-0.3, -0.25) is 0 Å². The standard InChI is InChI=1S/C14H30N2/c1-12(2)6-7-16-10-14(11-16)9-15(5)8-13(3)4/h12-14H,6-11H2,1-5H3. The summed E-state index contributed by atoms with van der Waals surface area (Å²) in [6.45, 7) is 15.7. The van der Waals surface area contributed by atoms with Crippen LogP contribution >= 0.6 is 0 Å². The van der Waals surface area contributed by atoms with Gasteiger partial charge in [0.15, 0.2) is 0 Å². The summed E-state index contributed by atoms with van der Waals surface area (Å²) < 4.78 is 0. The summed E-state index contributed by atoms with van der Waals surface area (Å²) >= 11 is 0. The van der Waals surface area contributed by atoms with Gasteiger partial charge in [0.1, 0.15) is 0 Å². The van der Waals surface area contributed by atoms with Crippen molar-refractivity contribution in [1.29, 1.82) is 0 Å². The van der Waals surface area contributed by atoms with Crippen LogP contribution in [0.5, 0.6) is 0 Å². The molecule has 0 saturated carbocycles. The zero-order chi connectivity index (χ0) is 12.1. The van der Waals surface area contributed by atoms with Gasteiger partial charge in [-0.05, 0) is 37.8 Å². The largest absolute Gasteiger partial charge is 0.306 e. The highest BCUT2D eigenvalue weighted by molar-refractivity contribution is 4.81. The van der Waals surface area contributed by atoms with Crippen LogP contribution in [0.4, 0.5) is 0 Å². The topological polar surface area (TPSA) is 6.48 Å². The van der Waals surface area contributed by atoms with Gasteiger partial charge in [0.05, 0.1) is 0 Å². The van der Waals surface area contributed by atoms with Gasteiger partial charge in [-0.25, -0.2) is 0 Å². The van der Waals surface area contributed by atoms with E-state index in [2.05, 4.69) is 44.5 Å². The van der Waals surface area contributed by atoms with Crippen molar-refractivity contribution in [3.63, 3.8) is 0 Å². The number of likely N-dealkylation sites (tertiary alicyclic amines) is 1. The Labute approximate surface area is 102 Å². The Hall–Kier alpha value is -0.0800. The molecule has 1 aliphatic heterocycles. The lowest BCUT2D eigenvalue weighted by Gasteiger charge is -2.41. The van der Waals surface area contributed by atoms with Crippen molar-refractivity contribution in [2.24, 2.45) is 17.8 Å². The van der Waals surface area contributed by atoms with Crippen LogP contribution in [0.25, 0.3) is 0 Å². The van der Waals surface area contributed by atoms with Crippen molar-refractivity contribution in [2.45, 2.75) is 34.1 Å². The van der Waals surface area contributed by atoms with Crippen molar-refractivity contribution < 1.29 is 0 Å². The Morgan fingerprint density at radius 1 is 1.12 bits per heavy atom. The lowest BCUT2D eigenvalue weighted by atomic mass is 9.98. The second-order valence-electron chi connectivity index (χ2n) is 6.42. The fourth-order valence-electron chi connectivity index (χ4n) is 2.55. The molecular formula is C14H30N2. The molecule has 0 aromatic carbocycles. The summed E-state index contributed by atoms with van der Waals surface area (Å²) in [7, 11) is 2.26. The van der Waals surface area contributed by atoms with Crippen LogP contribution in [-0.4, -0.2) is 49.6 Å². The first-order valence-corrected chi connectivity index (χ1v) is 6.88. The Kier molecular flexibility index (Phi) is 5.77. The zero-order valence-electron chi connectivity index (χ0n) is 11.9. The Morgan fingerprint density at radius 3 is 2.25 bits per heavy atom. The molecule has 2 heteroatoms. The molecule has 1 aliphatic rings. The molecule has 0 bridgehead atoms. The van der Waals surface area contributed by atoms with E-state index >= 15 is 0 Å². The van der Waals surface area contributed by atoms with Gasteiger partial charge >= 0.3 is 0 Å². The smallest absolute Gasteiger partial charge is 0.00343 e. The van der Waals surface area contributed by atoms with E-state index in [0.717, 1.165) is 17.8 Å². The second kappa shape index (κ2) is 6.61. The lowest BCUT2D eigenvalue weighted by Crippen LogP contribution is -2.51. The van der Waals surface area contributed by atoms with Crippen LogP contribution in [0.15, 0.2) is 0 Å². The highest BCUT2D eigenvalue weighted by Gasteiger charge is 2.27. The van der Waals surface area contributed by atoms with E-state index in [9.17, 15) is 0 Å². The van der Waals surface area contributed by atoms with E-state index in [4.69, 9.17) is 0 Å². The summed E-state index contributed by atoms with van der Waals surface area (Å²) in [4.78, 5) is 5.10. The molecule has 0 unspecified atom stereocenters. The summed E-state index contributed by atoms with van der Waals surface area (Å²) in [5.41, 5.74) is 0. The molecule has 0 atom stereocenters. The van der Waals surface area contributed by atoms with Gasteiger partial charge < -0.3 is 9.80 Å². The fourth-order valence-corrected chi connectivity index (χ4v) is 2.55. The van der Waals surface area contributed by atoms with Crippen molar-refractivity contribution in [1.82, 2.24) is 9.80 Å². The maximum atomic E-state index is 2.61. The second-order valence-corrected chi connectivity index (χ2v) is 6.42. The highest BCUT2D eigenvalue weighted by atomic mass is 15.2. The average Bonchev–Trinajstić information content (AvgIpc) is 2.06. The molecule has 1 fully saturated rings. The van der Waals surface area contributed by atoms with Gasteiger partial charge in [0, 0.05) is 26.2 Å². The Balaban J connectivity index is 2.03. The van der Waals surface area contributed by atoms with Crippen molar-refractivity contribution in [3.05, 3.63) is 0 Å². The summed E-state index contributed by atoms with van der Waals surface area (Å²) in [6, 6.07) is 0. The Bertz CT molecular complexity index is 183. The molecule has 1 heterocycles. The van der Waals surface area contributed by atoms with Crippen LogP contribution < -0.4 is 0 Å². The SMILES string of the molecule is CC(C)CCN1CC(CN(C)CC(C)C)C1. The number of nitrogens with zero attached hydrogens (tertiary/aromatic N) is 2. The molecule has 0 aromatic rings. The lowest BCUT2D eigenvalue weighted by molar-refractivity contribution is 0.0676. The predicted molar refractivity (Wildman–Crippen MR) is 71.7 cm³/mol. The van der Waals surface area contributed by atoms with Gasteiger partial charge in [-0.2, -0.15) is 0 Å². The Morgan fingerprint density at radius 2 is 1.75 bits per heavy atom. The van der Waals surface area contributed by atoms with Gasteiger partial charge in [0.25, 0.3) is 0 Å². The predicted octanol–water partition coefficient (Wildman–Crippen LogP) is 2.55.